The van der Waals surface area contributed by atoms with E-state index in [2.05, 4.69) is 20.9 Å². The van der Waals surface area contributed by atoms with Gasteiger partial charge in [0, 0.05) is 33.3 Å². The normalized spacial score (nSPS) is 15.5. The topological polar surface area (TPSA) is 82.7 Å². The van der Waals surface area contributed by atoms with E-state index in [9.17, 15) is 9.59 Å². The van der Waals surface area contributed by atoms with Crippen molar-refractivity contribution in [2.75, 3.05) is 39.9 Å². The molecule has 2 amide bonds. The summed E-state index contributed by atoms with van der Waals surface area (Å²) < 4.78 is 5.00. The second-order valence-corrected chi connectivity index (χ2v) is 7.67. The van der Waals surface area contributed by atoms with Crippen LogP contribution in [0.1, 0.15) is 30.1 Å². The Balaban J connectivity index is 2.07. The quantitative estimate of drug-likeness (QED) is 0.422. The van der Waals surface area contributed by atoms with Crippen LogP contribution in [0.2, 0.25) is 5.02 Å². The monoisotopic (exact) mass is 440 g/mol. The van der Waals surface area contributed by atoms with E-state index in [0.717, 1.165) is 37.6 Å². The molecule has 1 atom stereocenters. The third-order valence-electron chi connectivity index (χ3n) is 4.92. The summed E-state index contributed by atoms with van der Waals surface area (Å²) in [7, 11) is 1.58. The second-order valence-electron chi connectivity index (χ2n) is 6.87. The number of nitrogens with zero attached hydrogens (tertiary/aromatic N) is 1. The van der Waals surface area contributed by atoms with Crippen molar-refractivity contribution >= 4 is 40.7 Å². The van der Waals surface area contributed by atoms with Gasteiger partial charge < -0.3 is 25.6 Å². The van der Waals surface area contributed by atoms with Crippen molar-refractivity contribution in [3.8, 4) is 0 Å². The molecule has 1 saturated heterocycles. The van der Waals surface area contributed by atoms with E-state index in [-0.39, 0.29) is 17.7 Å². The molecule has 0 aromatic heterocycles. The van der Waals surface area contributed by atoms with Gasteiger partial charge in [0.25, 0.3) is 5.91 Å². The van der Waals surface area contributed by atoms with Gasteiger partial charge in [0.05, 0.1) is 17.2 Å². The lowest BCUT2D eigenvalue weighted by Crippen LogP contribution is -2.54. The zero-order valence-corrected chi connectivity index (χ0v) is 18.4. The van der Waals surface area contributed by atoms with Crippen LogP contribution in [0, 0.1) is 5.92 Å². The van der Waals surface area contributed by atoms with Gasteiger partial charge in [-0.15, -0.1) is 0 Å². The van der Waals surface area contributed by atoms with Crippen LogP contribution in [0.5, 0.6) is 0 Å². The van der Waals surface area contributed by atoms with Gasteiger partial charge in [0.2, 0.25) is 5.91 Å². The molecule has 29 heavy (non-hydrogen) atoms. The number of likely N-dealkylation sites (tertiary alicyclic amines) is 1. The minimum atomic E-state index is -0.648. The highest BCUT2D eigenvalue weighted by molar-refractivity contribution is 7.80. The van der Waals surface area contributed by atoms with Crippen LogP contribution in [0.15, 0.2) is 24.3 Å². The van der Waals surface area contributed by atoms with Gasteiger partial charge in [0.15, 0.2) is 5.11 Å². The molecule has 1 unspecified atom stereocenters. The molecule has 3 N–H and O–H groups in total. The summed E-state index contributed by atoms with van der Waals surface area (Å²) >= 11 is 11.5. The number of rotatable bonds is 8. The van der Waals surface area contributed by atoms with E-state index in [1.54, 1.807) is 31.4 Å². The molecule has 2 rings (SSSR count). The molecule has 7 nitrogen and oxygen atoms in total. The summed E-state index contributed by atoms with van der Waals surface area (Å²) in [5, 5.41) is 9.98. The van der Waals surface area contributed by atoms with Crippen LogP contribution >= 0.6 is 23.8 Å². The van der Waals surface area contributed by atoms with Crippen molar-refractivity contribution in [1.82, 2.24) is 20.9 Å². The predicted octanol–water partition coefficient (Wildman–Crippen LogP) is 1.81. The van der Waals surface area contributed by atoms with E-state index < -0.39 is 6.04 Å². The first-order chi connectivity index (χ1) is 14.0. The Kier molecular flexibility index (Phi) is 9.63. The van der Waals surface area contributed by atoms with E-state index in [1.165, 1.54) is 0 Å². The number of hydrogen-bond acceptors (Lipinski definition) is 4. The fourth-order valence-electron chi connectivity index (χ4n) is 3.35. The molecule has 1 aromatic carbocycles. The number of ether oxygens (including phenoxy) is 1. The Morgan fingerprint density at radius 3 is 2.59 bits per heavy atom. The Morgan fingerprint density at radius 2 is 1.97 bits per heavy atom. The number of carbonyl (C=O) groups excluding carboxylic acids is 2. The number of benzene rings is 1. The van der Waals surface area contributed by atoms with Crippen molar-refractivity contribution in [2.24, 2.45) is 5.92 Å². The first-order valence-corrected chi connectivity index (χ1v) is 10.6. The maximum atomic E-state index is 12.8. The van der Waals surface area contributed by atoms with E-state index in [0.29, 0.717) is 23.7 Å². The lowest BCUT2D eigenvalue weighted by Gasteiger charge is -2.37. The summed E-state index contributed by atoms with van der Waals surface area (Å²) in [6.45, 7) is 5.05. The van der Waals surface area contributed by atoms with Gasteiger partial charge >= 0.3 is 0 Å². The minimum absolute atomic E-state index is 0.00431. The van der Waals surface area contributed by atoms with Gasteiger partial charge in [-0.3, -0.25) is 9.59 Å². The number of methoxy groups -OCH3 is 1. The largest absolute Gasteiger partial charge is 0.383 e. The lowest BCUT2D eigenvalue weighted by molar-refractivity contribution is -0.124. The van der Waals surface area contributed by atoms with Crippen LogP contribution in [0.25, 0.3) is 0 Å². The minimum Gasteiger partial charge on any atom is -0.383 e. The van der Waals surface area contributed by atoms with E-state index >= 15 is 0 Å². The molecule has 1 aliphatic rings. The van der Waals surface area contributed by atoms with Gasteiger partial charge in [0.1, 0.15) is 6.04 Å². The van der Waals surface area contributed by atoms with Crippen LogP contribution < -0.4 is 16.0 Å². The molecule has 1 aromatic rings. The molecule has 1 fully saturated rings. The van der Waals surface area contributed by atoms with Crippen LogP contribution in [0.4, 0.5) is 0 Å². The number of amides is 2. The number of thiocarbonyl (C=S) groups is 1. The molecule has 0 aliphatic carbocycles. The number of hydrogen-bond donors (Lipinski definition) is 3. The third-order valence-corrected chi connectivity index (χ3v) is 5.65. The highest BCUT2D eigenvalue weighted by atomic mass is 35.5. The molecule has 0 saturated carbocycles. The smallest absolute Gasteiger partial charge is 0.253 e. The maximum Gasteiger partial charge on any atom is 0.253 e. The molecule has 0 bridgehead atoms. The molecule has 1 aliphatic heterocycles. The first kappa shape index (κ1) is 23.4. The molecule has 0 spiro atoms. The number of halogens is 1. The summed E-state index contributed by atoms with van der Waals surface area (Å²) in [5.41, 5.74) is 0.356. The van der Waals surface area contributed by atoms with Crippen LogP contribution in [-0.4, -0.2) is 67.8 Å². The number of carbonyl (C=O) groups is 2. The molecular weight excluding hydrogens is 412 g/mol. The van der Waals surface area contributed by atoms with Gasteiger partial charge in [-0.25, -0.2) is 0 Å². The summed E-state index contributed by atoms with van der Waals surface area (Å²) in [4.78, 5) is 27.7. The van der Waals surface area contributed by atoms with Crippen LogP contribution in [0.3, 0.4) is 0 Å². The molecule has 1 heterocycles. The molecule has 0 radical (unpaired) electrons. The van der Waals surface area contributed by atoms with Crippen molar-refractivity contribution in [3.63, 3.8) is 0 Å². The van der Waals surface area contributed by atoms with Gasteiger partial charge in [-0.05, 0) is 50.0 Å². The second kappa shape index (κ2) is 11.9. The fraction of sp³-hybridized carbons (Fsp3) is 0.550. The SMILES string of the molecule is CCNC(=S)N1CCC(C(NC(=O)c2ccccc2Cl)C(=O)NCCOC)CC1. The van der Waals surface area contributed by atoms with Crippen LogP contribution in [-0.2, 0) is 9.53 Å². The Bertz CT molecular complexity index is 711. The van der Waals surface area contributed by atoms with Gasteiger partial charge in [-0.1, -0.05) is 23.7 Å². The highest BCUT2D eigenvalue weighted by Crippen LogP contribution is 2.22. The van der Waals surface area contributed by atoms with Gasteiger partial charge in [-0.2, -0.15) is 0 Å². The van der Waals surface area contributed by atoms with Crippen molar-refractivity contribution < 1.29 is 14.3 Å². The molecule has 9 heteroatoms. The first-order valence-electron chi connectivity index (χ1n) is 9.82. The van der Waals surface area contributed by atoms with Crippen molar-refractivity contribution in [3.05, 3.63) is 34.9 Å². The number of piperidine rings is 1. The number of nitrogens with one attached hydrogen (secondary N) is 3. The van der Waals surface area contributed by atoms with E-state index in [4.69, 9.17) is 28.6 Å². The highest BCUT2D eigenvalue weighted by Gasteiger charge is 2.33. The summed E-state index contributed by atoms with van der Waals surface area (Å²) in [6.07, 6.45) is 1.49. The Morgan fingerprint density at radius 1 is 1.28 bits per heavy atom. The van der Waals surface area contributed by atoms with Crippen molar-refractivity contribution in [1.29, 1.82) is 0 Å². The predicted molar refractivity (Wildman–Crippen MR) is 118 cm³/mol. The third kappa shape index (κ3) is 6.83. The lowest BCUT2D eigenvalue weighted by atomic mass is 9.88. The molecule has 160 valence electrons. The average Bonchev–Trinajstić information content (AvgIpc) is 2.72. The molecular formula is C20H29ClN4O3S. The standard InChI is InChI=1S/C20H29ClN4O3S/c1-3-22-20(29)25-11-8-14(9-12-25)17(19(27)23-10-13-28-2)24-18(26)15-6-4-5-7-16(15)21/h4-7,14,17H,3,8-13H2,1-2H3,(H,22,29)(H,23,27)(H,24,26). The van der Waals surface area contributed by atoms with E-state index in [1.807, 2.05) is 6.92 Å². The average molecular weight is 441 g/mol. The maximum absolute atomic E-state index is 12.8. The Labute approximate surface area is 182 Å². The fourth-order valence-corrected chi connectivity index (χ4v) is 3.90. The Hall–Kier alpha value is -1.90. The zero-order chi connectivity index (χ0) is 21.2. The summed E-state index contributed by atoms with van der Waals surface area (Å²) in [5.74, 6) is -0.562. The summed E-state index contributed by atoms with van der Waals surface area (Å²) in [6, 6.07) is 6.16. The zero-order valence-electron chi connectivity index (χ0n) is 16.9. The van der Waals surface area contributed by atoms with Crippen molar-refractivity contribution in [2.45, 2.75) is 25.8 Å².